The summed E-state index contributed by atoms with van der Waals surface area (Å²) >= 11 is 11.6. The summed E-state index contributed by atoms with van der Waals surface area (Å²) in [6.45, 7) is 0. The van der Waals surface area contributed by atoms with E-state index in [9.17, 15) is 8.42 Å². The molecule has 0 heterocycles. The lowest BCUT2D eigenvalue weighted by Crippen LogP contribution is -1.97. The molecule has 94 valence electrons. The van der Waals surface area contributed by atoms with E-state index in [0.29, 0.717) is 5.02 Å². The van der Waals surface area contributed by atoms with Crippen LogP contribution in [-0.2, 0) is 10.0 Å². The zero-order valence-corrected chi connectivity index (χ0v) is 11.4. The molecule has 2 rings (SSSR count). The van der Waals surface area contributed by atoms with Crippen LogP contribution in [0.3, 0.4) is 0 Å². The van der Waals surface area contributed by atoms with E-state index in [1.165, 1.54) is 30.3 Å². The molecule has 0 atom stereocenters. The first-order chi connectivity index (χ1) is 8.49. The van der Waals surface area contributed by atoms with E-state index in [1.807, 2.05) is 0 Å². The zero-order valence-electron chi connectivity index (χ0n) is 9.05. The van der Waals surface area contributed by atoms with Gasteiger partial charge >= 0.3 is 0 Å². The molecule has 2 aromatic rings. The van der Waals surface area contributed by atoms with Crippen LogP contribution in [0.2, 0.25) is 10.0 Å². The predicted octanol–water partition coefficient (Wildman–Crippen LogP) is 4.39. The van der Waals surface area contributed by atoms with Crippen molar-refractivity contribution in [2.24, 2.45) is 0 Å². The summed E-state index contributed by atoms with van der Waals surface area (Å²) in [5.41, 5.74) is 0.171. The van der Waals surface area contributed by atoms with E-state index in [-0.39, 0.29) is 15.6 Å². The Kier molecular flexibility index (Phi) is 3.80. The van der Waals surface area contributed by atoms with Gasteiger partial charge in [-0.2, -0.15) is 0 Å². The molecular formula is C12H8Cl2NO2S-. The van der Waals surface area contributed by atoms with Crippen LogP contribution in [-0.4, -0.2) is 8.42 Å². The van der Waals surface area contributed by atoms with Gasteiger partial charge in [0.05, 0.1) is 4.90 Å². The van der Waals surface area contributed by atoms with Crippen molar-refractivity contribution in [3.05, 3.63) is 63.3 Å². The van der Waals surface area contributed by atoms with E-state index >= 15 is 0 Å². The Balaban J connectivity index is 2.34. The molecule has 0 fully saturated rings. The van der Waals surface area contributed by atoms with Gasteiger partial charge in [-0.15, -0.1) is 5.69 Å². The van der Waals surface area contributed by atoms with Gasteiger partial charge in [-0.25, -0.2) is 8.42 Å². The molecule has 0 spiro atoms. The molecule has 0 aromatic heterocycles. The van der Waals surface area contributed by atoms with Crippen molar-refractivity contribution in [1.29, 1.82) is 0 Å². The van der Waals surface area contributed by atoms with Crippen LogP contribution < -0.4 is 0 Å². The summed E-state index contributed by atoms with van der Waals surface area (Å²) in [7, 11) is -3.75. The van der Waals surface area contributed by atoms with Gasteiger partial charge in [-0.05, 0) is 24.3 Å². The Hall–Kier alpha value is -1.23. The maximum atomic E-state index is 12.0. The first-order valence-corrected chi connectivity index (χ1v) is 7.17. The predicted molar refractivity (Wildman–Crippen MR) is 73.1 cm³/mol. The molecule has 0 aliphatic heterocycles. The molecule has 3 nitrogen and oxygen atoms in total. The third-order valence-electron chi connectivity index (χ3n) is 2.17. The highest BCUT2D eigenvalue weighted by atomic mass is 35.5. The summed E-state index contributed by atoms with van der Waals surface area (Å²) in [6.07, 6.45) is 0. The van der Waals surface area contributed by atoms with Gasteiger partial charge in [0.2, 0.25) is 0 Å². The fraction of sp³-hybridized carbons (Fsp3) is 0. The van der Waals surface area contributed by atoms with Crippen molar-refractivity contribution >= 4 is 38.9 Å². The van der Waals surface area contributed by atoms with Crippen molar-refractivity contribution in [1.82, 2.24) is 0 Å². The van der Waals surface area contributed by atoms with Crippen LogP contribution >= 0.6 is 23.2 Å². The SMILES string of the molecule is O=S(=O)([N-]c1ccc(Cl)cc1Cl)c1ccccc1. The molecule has 0 saturated carbocycles. The highest BCUT2D eigenvalue weighted by Gasteiger charge is 2.04. The van der Waals surface area contributed by atoms with Crippen LogP contribution in [0.1, 0.15) is 0 Å². The molecule has 18 heavy (non-hydrogen) atoms. The maximum Gasteiger partial charge on any atom is 0.123 e. The standard InChI is InChI=1S/C12H8Cl2NO2S/c13-9-6-7-12(11(14)8-9)15-18(16,17)10-4-2-1-3-5-10/h1-8H/q-1. The summed E-state index contributed by atoms with van der Waals surface area (Å²) in [6, 6.07) is 12.4. The number of halogens is 2. The van der Waals surface area contributed by atoms with Crippen molar-refractivity contribution in [3.63, 3.8) is 0 Å². The third kappa shape index (κ3) is 2.96. The van der Waals surface area contributed by atoms with Crippen LogP contribution in [0.4, 0.5) is 5.69 Å². The monoisotopic (exact) mass is 300 g/mol. The second kappa shape index (κ2) is 5.18. The summed E-state index contributed by atoms with van der Waals surface area (Å²) in [5, 5.41) is 0.623. The number of benzene rings is 2. The Bertz CT molecular complexity index is 657. The second-order valence-corrected chi connectivity index (χ2v) is 5.92. The van der Waals surface area contributed by atoms with E-state index in [0.717, 1.165) is 0 Å². The van der Waals surface area contributed by atoms with Gasteiger partial charge in [0.25, 0.3) is 0 Å². The van der Waals surface area contributed by atoms with Gasteiger partial charge in [0, 0.05) is 10.0 Å². The average molecular weight is 301 g/mol. The molecule has 0 amide bonds. The van der Waals surface area contributed by atoms with Crippen molar-refractivity contribution in [3.8, 4) is 0 Å². The van der Waals surface area contributed by atoms with Gasteiger partial charge < -0.3 is 4.72 Å². The normalized spacial score (nSPS) is 11.2. The second-order valence-electron chi connectivity index (χ2n) is 3.48. The topological polar surface area (TPSA) is 48.2 Å². The number of nitrogens with zero attached hydrogens (tertiary/aromatic N) is 1. The van der Waals surface area contributed by atoms with E-state index in [4.69, 9.17) is 23.2 Å². The number of rotatable bonds is 3. The Morgan fingerprint density at radius 1 is 0.944 bits per heavy atom. The summed E-state index contributed by atoms with van der Waals surface area (Å²) in [5.74, 6) is 0. The Morgan fingerprint density at radius 2 is 1.61 bits per heavy atom. The van der Waals surface area contributed by atoms with Crippen LogP contribution in [0.5, 0.6) is 0 Å². The molecule has 0 unspecified atom stereocenters. The molecule has 0 saturated heterocycles. The first-order valence-electron chi connectivity index (χ1n) is 4.97. The van der Waals surface area contributed by atoms with Gasteiger partial charge in [-0.1, -0.05) is 47.5 Å². The molecule has 0 radical (unpaired) electrons. The van der Waals surface area contributed by atoms with Gasteiger partial charge in [0.15, 0.2) is 0 Å². The molecule has 6 heteroatoms. The van der Waals surface area contributed by atoms with E-state index in [1.54, 1.807) is 18.2 Å². The van der Waals surface area contributed by atoms with Crippen LogP contribution in [0, 0.1) is 0 Å². The summed E-state index contributed by atoms with van der Waals surface area (Å²) < 4.78 is 27.6. The minimum Gasteiger partial charge on any atom is -0.572 e. The number of hydrogen-bond acceptors (Lipinski definition) is 2. The highest BCUT2D eigenvalue weighted by molar-refractivity contribution is 7.94. The quantitative estimate of drug-likeness (QED) is 0.844. The third-order valence-corrected chi connectivity index (χ3v) is 4.01. The lowest BCUT2D eigenvalue weighted by Gasteiger charge is -2.23. The summed E-state index contributed by atoms with van der Waals surface area (Å²) in [4.78, 5) is 0.121. The lowest BCUT2D eigenvalue weighted by molar-refractivity contribution is 0.603. The van der Waals surface area contributed by atoms with Gasteiger partial charge in [-0.3, -0.25) is 0 Å². The molecule has 0 N–H and O–H groups in total. The zero-order chi connectivity index (χ0) is 13.2. The Morgan fingerprint density at radius 3 is 2.22 bits per heavy atom. The Labute approximate surface area is 115 Å². The van der Waals surface area contributed by atoms with Crippen molar-refractivity contribution in [2.75, 3.05) is 0 Å². The maximum absolute atomic E-state index is 12.0. The largest absolute Gasteiger partial charge is 0.572 e. The van der Waals surface area contributed by atoms with Crippen molar-refractivity contribution < 1.29 is 8.42 Å². The number of sulfonamides is 1. The average Bonchev–Trinajstić information content (AvgIpc) is 2.34. The molecule has 0 aliphatic carbocycles. The number of hydrogen-bond donors (Lipinski definition) is 0. The molecular weight excluding hydrogens is 293 g/mol. The first kappa shape index (κ1) is 13.2. The fourth-order valence-corrected chi connectivity index (χ4v) is 2.86. The van der Waals surface area contributed by atoms with E-state index in [2.05, 4.69) is 4.72 Å². The lowest BCUT2D eigenvalue weighted by atomic mass is 10.3. The smallest absolute Gasteiger partial charge is 0.123 e. The van der Waals surface area contributed by atoms with Crippen LogP contribution in [0.15, 0.2) is 53.4 Å². The van der Waals surface area contributed by atoms with Gasteiger partial charge in [0.1, 0.15) is 10.0 Å². The van der Waals surface area contributed by atoms with Crippen molar-refractivity contribution in [2.45, 2.75) is 4.90 Å². The molecule has 0 aliphatic rings. The molecule has 0 bridgehead atoms. The molecule has 2 aromatic carbocycles. The minimum absolute atomic E-state index is 0.121. The fourth-order valence-electron chi connectivity index (χ4n) is 1.33. The minimum atomic E-state index is -3.75. The van der Waals surface area contributed by atoms with Crippen LogP contribution in [0.25, 0.3) is 4.72 Å². The highest BCUT2D eigenvalue weighted by Crippen LogP contribution is 2.35. The van der Waals surface area contributed by atoms with E-state index < -0.39 is 10.0 Å².